The van der Waals surface area contributed by atoms with Crippen LogP contribution in [-0.2, 0) is 0 Å². The Hall–Kier alpha value is -2.63. The number of nitrogens with one attached hydrogen (secondary N) is 1. The van der Waals surface area contributed by atoms with E-state index in [-0.39, 0.29) is 11.7 Å². The third-order valence-corrected chi connectivity index (χ3v) is 4.55. The molecule has 4 rings (SSSR count). The van der Waals surface area contributed by atoms with Crippen LogP contribution in [0.2, 0.25) is 0 Å². The zero-order valence-corrected chi connectivity index (χ0v) is 13.8. The van der Waals surface area contributed by atoms with Gasteiger partial charge >= 0.3 is 0 Å². The molecule has 0 bridgehead atoms. The first kappa shape index (κ1) is 14.9. The van der Waals surface area contributed by atoms with Gasteiger partial charge in [0.25, 0.3) is 5.56 Å². The summed E-state index contributed by atoms with van der Waals surface area (Å²) in [4.78, 5) is 24.2. The highest BCUT2D eigenvalue weighted by Crippen LogP contribution is 2.26. The van der Waals surface area contributed by atoms with Crippen molar-refractivity contribution in [1.29, 1.82) is 0 Å². The van der Waals surface area contributed by atoms with Crippen LogP contribution in [-0.4, -0.2) is 33.5 Å². The number of guanidine groups is 1. The van der Waals surface area contributed by atoms with Crippen molar-refractivity contribution in [3.63, 3.8) is 0 Å². The van der Waals surface area contributed by atoms with Crippen molar-refractivity contribution in [2.75, 3.05) is 18.4 Å². The van der Waals surface area contributed by atoms with E-state index in [0.29, 0.717) is 11.6 Å². The number of rotatable bonds is 1. The lowest BCUT2D eigenvalue weighted by Gasteiger charge is -2.34. The van der Waals surface area contributed by atoms with E-state index in [1.54, 1.807) is 10.6 Å². The largest absolute Gasteiger partial charge is 0.343 e. The molecular formula is C18H21N5O. The summed E-state index contributed by atoms with van der Waals surface area (Å²) in [7, 11) is 0. The predicted molar refractivity (Wildman–Crippen MR) is 94.3 cm³/mol. The second-order valence-corrected chi connectivity index (χ2v) is 6.34. The van der Waals surface area contributed by atoms with E-state index in [0.717, 1.165) is 24.6 Å². The number of nitrogens with zero attached hydrogens (tertiary/aromatic N) is 4. The normalized spacial score (nSPS) is 20.1. The van der Waals surface area contributed by atoms with E-state index < -0.39 is 0 Å². The summed E-state index contributed by atoms with van der Waals surface area (Å²) in [6, 6.07) is 11.5. The lowest BCUT2D eigenvalue weighted by Crippen LogP contribution is -2.45. The summed E-state index contributed by atoms with van der Waals surface area (Å²) in [6.07, 6.45) is 3.23. The molecule has 1 atom stereocenters. The van der Waals surface area contributed by atoms with Crippen LogP contribution in [0.25, 0.3) is 0 Å². The molecule has 3 heterocycles. The van der Waals surface area contributed by atoms with Gasteiger partial charge in [-0.1, -0.05) is 30.3 Å². The van der Waals surface area contributed by atoms with Gasteiger partial charge in [-0.15, -0.1) is 0 Å². The van der Waals surface area contributed by atoms with Crippen molar-refractivity contribution in [2.45, 2.75) is 32.4 Å². The Balaban J connectivity index is 1.82. The minimum absolute atomic E-state index is 0.0831. The van der Waals surface area contributed by atoms with E-state index in [9.17, 15) is 4.79 Å². The highest BCUT2D eigenvalue weighted by atomic mass is 16.1. The lowest BCUT2D eigenvalue weighted by molar-refractivity contribution is 0.335. The molecule has 0 spiro atoms. The maximum absolute atomic E-state index is 12.6. The fourth-order valence-corrected chi connectivity index (χ4v) is 3.35. The molecule has 0 saturated carbocycles. The summed E-state index contributed by atoms with van der Waals surface area (Å²) in [5.41, 5.74) is 1.62. The average Bonchev–Trinajstić information content (AvgIpc) is 2.62. The summed E-state index contributed by atoms with van der Waals surface area (Å²) in [5.74, 6) is 1.39. The van der Waals surface area contributed by atoms with E-state index in [1.807, 2.05) is 37.3 Å². The Kier molecular flexibility index (Phi) is 3.80. The van der Waals surface area contributed by atoms with Crippen LogP contribution in [0.4, 0.5) is 5.95 Å². The SMILES string of the molecule is Cc1cc(=O)n2c(n1)NC(N1CCCCC1)=NC2c1ccccc1. The van der Waals surface area contributed by atoms with Crippen LogP contribution in [0.5, 0.6) is 0 Å². The Morgan fingerprint density at radius 1 is 1.12 bits per heavy atom. The zero-order valence-electron chi connectivity index (χ0n) is 13.8. The van der Waals surface area contributed by atoms with Crippen molar-refractivity contribution in [2.24, 2.45) is 4.99 Å². The fourth-order valence-electron chi connectivity index (χ4n) is 3.35. The molecule has 0 amide bonds. The van der Waals surface area contributed by atoms with Gasteiger partial charge < -0.3 is 4.90 Å². The van der Waals surface area contributed by atoms with Crippen LogP contribution in [0.1, 0.15) is 36.7 Å². The first-order chi connectivity index (χ1) is 11.7. The van der Waals surface area contributed by atoms with Gasteiger partial charge in [0.05, 0.1) is 0 Å². The number of hydrogen-bond donors (Lipinski definition) is 1. The molecule has 2 aliphatic rings. The standard InChI is InChI=1S/C18H21N5O/c1-13-12-15(24)23-16(14-8-4-2-5-9-14)20-17(21-18(23)19-13)22-10-6-3-7-11-22/h2,4-5,8-9,12,16H,3,6-7,10-11H2,1H3,(H,19,20,21). The van der Waals surface area contributed by atoms with Crippen LogP contribution in [0.3, 0.4) is 0 Å². The van der Waals surface area contributed by atoms with Crippen LogP contribution in [0, 0.1) is 6.92 Å². The highest BCUT2D eigenvalue weighted by Gasteiger charge is 2.27. The molecule has 24 heavy (non-hydrogen) atoms. The van der Waals surface area contributed by atoms with Crippen molar-refractivity contribution in [3.05, 3.63) is 58.0 Å². The molecule has 0 radical (unpaired) electrons. The third-order valence-electron chi connectivity index (χ3n) is 4.55. The number of piperidine rings is 1. The van der Waals surface area contributed by atoms with Crippen molar-refractivity contribution < 1.29 is 0 Å². The number of aryl methyl sites for hydroxylation is 1. The van der Waals surface area contributed by atoms with Gasteiger partial charge in [-0.2, -0.15) is 0 Å². The molecule has 0 aliphatic carbocycles. The lowest BCUT2D eigenvalue weighted by atomic mass is 10.1. The average molecular weight is 323 g/mol. The van der Waals surface area contributed by atoms with Gasteiger partial charge in [-0.05, 0) is 31.7 Å². The Bertz CT molecular complexity index is 821. The quantitative estimate of drug-likeness (QED) is 0.875. The van der Waals surface area contributed by atoms with Gasteiger partial charge in [0.15, 0.2) is 6.17 Å². The molecule has 1 N–H and O–H groups in total. The molecule has 2 aromatic rings. The molecule has 6 heteroatoms. The van der Waals surface area contributed by atoms with E-state index >= 15 is 0 Å². The van der Waals surface area contributed by atoms with Crippen LogP contribution in [0.15, 0.2) is 46.2 Å². The van der Waals surface area contributed by atoms with Crippen LogP contribution >= 0.6 is 0 Å². The van der Waals surface area contributed by atoms with E-state index in [4.69, 9.17) is 4.99 Å². The first-order valence-electron chi connectivity index (χ1n) is 8.47. The minimum atomic E-state index is -0.375. The molecule has 1 aromatic carbocycles. The zero-order chi connectivity index (χ0) is 16.5. The predicted octanol–water partition coefficient (Wildman–Crippen LogP) is 2.37. The number of hydrogen-bond acceptors (Lipinski definition) is 5. The van der Waals surface area contributed by atoms with Crippen molar-refractivity contribution in [1.82, 2.24) is 14.5 Å². The summed E-state index contributed by atoms with van der Waals surface area (Å²) >= 11 is 0. The Morgan fingerprint density at radius 3 is 2.62 bits per heavy atom. The Labute approximate surface area is 140 Å². The number of anilines is 1. The molecule has 124 valence electrons. The fraction of sp³-hybridized carbons (Fsp3) is 0.389. The number of aliphatic imine (C=N–C) groups is 1. The molecule has 2 aliphatic heterocycles. The van der Waals surface area contributed by atoms with Gasteiger partial charge in [0.1, 0.15) is 0 Å². The number of likely N-dealkylation sites (tertiary alicyclic amines) is 1. The monoisotopic (exact) mass is 323 g/mol. The van der Waals surface area contributed by atoms with Gasteiger partial charge in [-0.25, -0.2) is 9.98 Å². The highest BCUT2D eigenvalue weighted by molar-refractivity contribution is 5.93. The molecule has 1 fully saturated rings. The Morgan fingerprint density at radius 2 is 1.88 bits per heavy atom. The van der Waals surface area contributed by atoms with Crippen molar-refractivity contribution >= 4 is 11.9 Å². The maximum atomic E-state index is 12.6. The number of aromatic nitrogens is 2. The second kappa shape index (κ2) is 6.11. The van der Waals surface area contributed by atoms with Gasteiger partial charge in [-0.3, -0.25) is 14.7 Å². The van der Waals surface area contributed by atoms with Gasteiger partial charge in [0.2, 0.25) is 11.9 Å². The molecule has 1 unspecified atom stereocenters. The molecule has 6 nitrogen and oxygen atoms in total. The molecule has 1 aromatic heterocycles. The number of benzene rings is 1. The second-order valence-electron chi connectivity index (χ2n) is 6.34. The summed E-state index contributed by atoms with van der Waals surface area (Å²) in [6.45, 7) is 3.82. The molecular weight excluding hydrogens is 302 g/mol. The topological polar surface area (TPSA) is 62.5 Å². The smallest absolute Gasteiger partial charge is 0.257 e. The maximum Gasteiger partial charge on any atom is 0.257 e. The van der Waals surface area contributed by atoms with Gasteiger partial charge in [0, 0.05) is 24.8 Å². The number of fused-ring (bicyclic) bond motifs is 1. The minimum Gasteiger partial charge on any atom is -0.343 e. The van der Waals surface area contributed by atoms with Crippen LogP contribution < -0.4 is 10.9 Å². The molecule has 1 saturated heterocycles. The van der Waals surface area contributed by atoms with E-state index in [1.165, 1.54) is 19.3 Å². The third kappa shape index (κ3) is 2.68. The van der Waals surface area contributed by atoms with Crippen molar-refractivity contribution in [3.8, 4) is 0 Å². The first-order valence-corrected chi connectivity index (χ1v) is 8.47. The summed E-state index contributed by atoms with van der Waals surface area (Å²) in [5, 5.41) is 3.28. The summed E-state index contributed by atoms with van der Waals surface area (Å²) < 4.78 is 1.63. The van der Waals surface area contributed by atoms with E-state index in [2.05, 4.69) is 15.2 Å².